The Morgan fingerprint density at radius 3 is 2.47 bits per heavy atom. The van der Waals surface area contributed by atoms with Gasteiger partial charge in [0.25, 0.3) is 0 Å². The van der Waals surface area contributed by atoms with Crippen LogP contribution in [0.4, 0.5) is 0 Å². The summed E-state index contributed by atoms with van der Waals surface area (Å²) < 4.78 is 0. The molecule has 0 N–H and O–H groups in total. The molecule has 1 aromatic carbocycles. The highest BCUT2D eigenvalue weighted by Gasteiger charge is 2.09. The fraction of sp³-hybridized carbons (Fsp3) is 0. The van der Waals surface area contributed by atoms with Gasteiger partial charge in [-0.05, 0) is 18.2 Å². The van der Waals surface area contributed by atoms with Crippen LogP contribution in [0, 0.1) is 0 Å². The molecule has 0 aliphatic heterocycles. The fourth-order valence-electron chi connectivity index (χ4n) is 1.19. The van der Waals surface area contributed by atoms with Gasteiger partial charge in [-0.3, -0.25) is 0 Å². The zero-order chi connectivity index (χ0) is 10.8. The SMILES string of the molecule is Clc1ccc(-c2ncncc2Cl)c(Cl)c1. The number of aromatic nitrogens is 2. The van der Waals surface area contributed by atoms with Crippen LogP contribution in [-0.2, 0) is 0 Å². The summed E-state index contributed by atoms with van der Waals surface area (Å²) in [5.41, 5.74) is 1.35. The molecule has 0 fully saturated rings. The maximum atomic E-state index is 6.03. The van der Waals surface area contributed by atoms with Crippen LogP contribution < -0.4 is 0 Å². The quantitative estimate of drug-likeness (QED) is 0.770. The average molecular weight is 260 g/mol. The summed E-state index contributed by atoms with van der Waals surface area (Å²) in [4.78, 5) is 7.87. The van der Waals surface area contributed by atoms with Crippen molar-refractivity contribution in [3.63, 3.8) is 0 Å². The normalized spacial score (nSPS) is 10.3. The van der Waals surface area contributed by atoms with Crippen LogP contribution in [0.5, 0.6) is 0 Å². The second-order valence-corrected chi connectivity index (χ2v) is 4.09. The topological polar surface area (TPSA) is 25.8 Å². The Hall–Kier alpha value is -0.830. The van der Waals surface area contributed by atoms with Crippen molar-refractivity contribution in [1.29, 1.82) is 0 Å². The minimum absolute atomic E-state index is 0.460. The molecule has 0 aliphatic rings. The molecule has 1 aromatic heterocycles. The molecule has 2 nitrogen and oxygen atoms in total. The number of hydrogen-bond donors (Lipinski definition) is 0. The zero-order valence-electron chi connectivity index (χ0n) is 7.42. The first-order valence-corrected chi connectivity index (χ1v) is 5.23. The first kappa shape index (κ1) is 10.7. The first-order valence-electron chi connectivity index (χ1n) is 4.09. The molecule has 0 amide bonds. The first-order chi connectivity index (χ1) is 7.18. The molecular formula is C10H5Cl3N2. The van der Waals surface area contributed by atoms with Gasteiger partial charge in [-0.2, -0.15) is 0 Å². The molecular weight excluding hydrogens is 254 g/mol. The van der Waals surface area contributed by atoms with Crippen molar-refractivity contribution in [3.05, 3.63) is 45.8 Å². The molecule has 76 valence electrons. The van der Waals surface area contributed by atoms with Crippen molar-refractivity contribution in [2.24, 2.45) is 0 Å². The number of rotatable bonds is 1. The van der Waals surface area contributed by atoms with E-state index in [0.717, 1.165) is 5.56 Å². The van der Waals surface area contributed by atoms with E-state index < -0.39 is 0 Å². The molecule has 0 spiro atoms. The standard InChI is InChI=1S/C10H5Cl3N2/c11-6-1-2-7(8(12)3-6)10-9(13)4-14-5-15-10/h1-5H. The summed E-state index contributed by atoms with van der Waals surface area (Å²) in [6, 6.07) is 5.16. The van der Waals surface area contributed by atoms with E-state index in [1.54, 1.807) is 18.2 Å². The average Bonchev–Trinajstić information content (AvgIpc) is 2.20. The van der Waals surface area contributed by atoms with Gasteiger partial charge >= 0.3 is 0 Å². The van der Waals surface area contributed by atoms with Crippen molar-refractivity contribution >= 4 is 34.8 Å². The molecule has 2 aromatic rings. The summed E-state index contributed by atoms with van der Waals surface area (Å²) >= 11 is 17.8. The van der Waals surface area contributed by atoms with Gasteiger partial charge in [0.2, 0.25) is 0 Å². The fourth-order valence-corrected chi connectivity index (χ4v) is 1.90. The highest BCUT2D eigenvalue weighted by molar-refractivity contribution is 6.37. The van der Waals surface area contributed by atoms with Crippen molar-refractivity contribution in [2.45, 2.75) is 0 Å². The van der Waals surface area contributed by atoms with E-state index >= 15 is 0 Å². The van der Waals surface area contributed by atoms with Crippen LogP contribution in [0.2, 0.25) is 15.1 Å². The lowest BCUT2D eigenvalue weighted by Crippen LogP contribution is -1.87. The van der Waals surface area contributed by atoms with Gasteiger partial charge < -0.3 is 0 Å². The maximum absolute atomic E-state index is 6.03. The largest absolute Gasteiger partial charge is 0.243 e. The van der Waals surface area contributed by atoms with E-state index in [1.165, 1.54) is 12.5 Å². The Bertz CT molecular complexity index is 500. The number of nitrogens with zero attached hydrogens (tertiary/aromatic N) is 2. The van der Waals surface area contributed by atoms with Crippen molar-refractivity contribution in [2.75, 3.05) is 0 Å². The van der Waals surface area contributed by atoms with E-state index in [-0.39, 0.29) is 0 Å². The van der Waals surface area contributed by atoms with Crippen molar-refractivity contribution in [1.82, 2.24) is 9.97 Å². The van der Waals surface area contributed by atoms with Gasteiger partial charge in [0.05, 0.1) is 15.7 Å². The third-order valence-corrected chi connectivity index (χ3v) is 2.68. The number of halogens is 3. The van der Waals surface area contributed by atoms with E-state index in [0.29, 0.717) is 20.8 Å². The lowest BCUT2D eigenvalue weighted by molar-refractivity contribution is 1.17. The minimum atomic E-state index is 0.460. The summed E-state index contributed by atoms with van der Waals surface area (Å²) in [5, 5.41) is 1.55. The molecule has 0 aliphatic carbocycles. The number of benzene rings is 1. The van der Waals surface area contributed by atoms with E-state index in [2.05, 4.69) is 9.97 Å². The predicted molar refractivity (Wildman–Crippen MR) is 62.5 cm³/mol. The zero-order valence-corrected chi connectivity index (χ0v) is 9.68. The Morgan fingerprint density at radius 1 is 1.00 bits per heavy atom. The summed E-state index contributed by atoms with van der Waals surface area (Å²) in [6.45, 7) is 0. The molecule has 0 unspecified atom stereocenters. The van der Waals surface area contributed by atoms with Gasteiger partial charge in [0.1, 0.15) is 6.33 Å². The summed E-state index contributed by atoms with van der Waals surface area (Å²) in [7, 11) is 0. The van der Waals surface area contributed by atoms with Crippen LogP contribution >= 0.6 is 34.8 Å². The maximum Gasteiger partial charge on any atom is 0.116 e. The van der Waals surface area contributed by atoms with Crippen LogP contribution in [-0.4, -0.2) is 9.97 Å². The molecule has 0 saturated heterocycles. The molecule has 0 radical (unpaired) electrons. The lowest BCUT2D eigenvalue weighted by Gasteiger charge is -2.04. The Labute approximate surface area is 102 Å². The van der Waals surface area contributed by atoms with Gasteiger partial charge in [0, 0.05) is 16.8 Å². The van der Waals surface area contributed by atoms with Crippen molar-refractivity contribution in [3.8, 4) is 11.3 Å². The predicted octanol–water partition coefficient (Wildman–Crippen LogP) is 4.10. The lowest BCUT2D eigenvalue weighted by atomic mass is 10.1. The molecule has 0 bridgehead atoms. The third kappa shape index (κ3) is 2.23. The van der Waals surface area contributed by atoms with E-state index in [9.17, 15) is 0 Å². The van der Waals surface area contributed by atoms with Crippen LogP contribution in [0.25, 0.3) is 11.3 Å². The molecule has 0 atom stereocenters. The van der Waals surface area contributed by atoms with E-state index in [4.69, 9.17) is 34.8 Å². The van der Waals surface area contributed by atoms with Crippen LogP contribution in [0.3, 0.4) is 0 Å². The van der Waals surface area contributed by atoms with Crippen LogP contribution in [0.1, 0.15) is 0 Å². The third-order valence-electron chi connectivity index (χ3n) is 1.85. The van der Waals surface area contributed by atoms with Gasteiger partial charge in [-0.25, -0.2) is 9.97 Å². The molecule has 2 rings (SSSR count). The summed E-state index contributed by atoms with van der Waals surface area (Å²) in [6.07, 6.45) is 2.95. The van der Waals surface area contributed by atoms with E-state index in [1.807, 2.05) is 0 Å². The number of hydrogen-bond acceptors (Lipinski definition) is 2. The van der Waals surface area contributed by atoms with Gasteiger partial charge in [-0.15, -0.1) is 0 Å². The molecule has 0 saturated carbocycles. The van der Waals surface area contributed by atoms with Gasteiger partial charge in [0.15, 0.2) is 0 Å². The molecule has 1 heterocycles. The Kier molecular flexibility index (Phi) is 3.10. The second kappa shape index (κ2) is 4.35. The van der Waals surface area contributed by atoms with Crippen LogP contribution in [0.15, 0.2) is 30.7 Å². The Balaban J connectivity index is 2.60. The highest BCUT2D eigenvalue weighted by atomic mass is 35.5. The monoisotopic (exact) mass is 258 g/mol. The second-order valence-electron chi connectivity index (χ2n) is 2.84. The van der Waals surface area contributed by atoms with Gasteiger partial charge in [-0.1, -0.05) is 34.8 Å². The minimum Gasteiger partial charge on any atom is -0.243 e. The highest BCUT2D eigenvalue weighted by Crippen LogP contribution is 2.32. The molecule has 5 heteroatoms. The smallest absolute Gasteiger partial charge is 0.116 e. The summed E-state index contributed by atoms with van der Waals surface area (Å²) in [5.74, 6) is 0. The Morgan fingerprint density at radius 2 is 1.80 bits per heavy atom. The van der Waals surface area contributed by atoms with Crippen molar-refractivity contribution < 1.29 is 0 Å². The molecule has 15 heavy (non-hydrogen) atoms.